The number of aromatic nitrogens is 4. The van der Waals surface area contributed by atoms with Crippen molar-refractivity contribution in [2.75, 3.05) is 12.5 Å². The third kappa shape index (κ3) is 3.11. The summed E-state index contributed by atoms with van der Waals surface area (Å²) in [6.45, 7) is 2.09. The van der Waals surface area contributed by atoms with Crippen LogP contribution in [0.15, 0.2) is 16.7 Å². The van der Waals surface area contributed by atoms with Crippen LogP contribution in [0.25, 0.3) is 0 Å². The standard InChI is InChI=1S/C11H14BrN7O/c1-6-15-9(18-17-6)5-19(2)11(20)8-3-7(12)4-14-10(8)16-13/h3-4H,5,13H2,1-2H3,(H,14,16)(H,15,17,18). The molecular weight excluding hydrogens is 326 g/mol. The average Bonchev–Trinajstić information content (AvgIpc) is 2.83. The zero-order valence-electron chi connectivity index (χ0n) is 11.0. The molecule has 2 aromatic heterocycles. The minimum absolute atomic E-state index is 0.228. The van der Waals surface area contributed by atoms with Crippen molar-refractivity contribution < 1.29 is 4.79 Å². The molecule has 1 amide bonds. The molecule has 0 saturated carbocycles. The lowest BCUT2D eigenvalue weighted by atomic mass is 10.2. The summed E-state index contributed by atoms with van der Waals surface area (Å²) < 4.78 is 0.696. The second kappa shape index (κ2) is 5.97. The Morgan fingerprint density at radius 2 is 2.35 bits per heavy atom. The van der Waals surface area contributed by atoms with Crippen molar-refractivity contribution in [3.8, 4) is 0 Å². The van der Waals surface area contributed by atoms with Crippen LogP contribution >= 0.6 is 15.9 Å². The van der Waals surface area contributed by atoms with Crippen molar-refractivity contribution in [3.05, 3.63) is 33.9 Å². The number of nitrogens with two attached hydrogens (primary N) is 1. The highest BCUT2D eigenvalue weighted by molar-refractivity contribution is 9.10. The van der Waals surface area contributed by atoms with Crippen LogP contribution in [0.3, 0.4) is 0 Å². The number of nitrogens with one attached hydrogen (secondary N) is 2. The molecule has 0 aliphatic rings. The molecule has 0 saturated heterocycles. The van der Waals surface area contributed by atoms with Crippen molar-refractivity contribution in [1.82, 2.24) is 25.1 Å². The maximum Gasteiger partial charge on any atom is 0.257 e. The molecule has 0 fully saturated rings. The van der Waals surface area contributed by atoms with E-state index in [2.05, 4.69) is 41.5 Å². The number of nitrogen functional groups attached to an aromatic ring is 1. The summed E-state index contributed by atoms with van der Waals surface area (Å²) in [7, 11) is 1.66. The molecule has 20 heavy (non-hydrogen) atoms. The second-order valence-corrected chi connectivity index (χ2v) is 5.11. The van der Waals surface area contributed by atoms with Gasteiger partial charge >= 0.3 is 0 Å². The normalized spacial score (nSPS) is 10.4. The number of aromatic amines is 1. The Bertz CT molecular complexity index is 627. The first-order valence-corrected chi connectivity index (χ1v) is 6.56. The van der Waals surface area contributed by atoms with E-state index < -0.39 is 0 Å². The maximum absolute atomic E-state index is 12.4. The van der Waals surface area contributed by atoms with Gasteiger partial charge in [-0.15, -0.1) is 0 Å². The fourth-order valence-electron chi connectivity index (χ4n) is 1.67. The molecule has 2 heterocycles. The van der Waals surface area contributed by atoms with Crippen LogP contribution in [0, 0.1) is 6.92 Å². The number of hydrogen-bond acceptors (Lipinski definition) is 6. The van der Waals surface area contributed by atoms with Gasteiger partial charge in [-0.1, -0.05) is 0 Å². The number of hydrogen-bond donors (Lipinski definition) is 3. The predicted molar refractivity (Wildman–Crippen MR) is 76.7 cm³/mol. The van der Waals surface area contributed by atoms with Gasteiger partial charge in [0.15, 0.2) is 11.6 Å². The van der Waals surface area contributed by atoms with E-state index >= 15 is 0 Å². The highest BCUT2D eigenvalue weighted by atomic mass is 79.9. The Morgan fingerprint density at radius 1 is 1.60 bits per heavy atom. The summed E-state index contributed by atoms with van der Waals surface area (Å²) >= 11 is 3.28. The molecule has 2 rings (SSSR count). The smallest absolute Gasteiger partial charge is 0.257 e. The van der Waals surface area contributed by atoms with Gasteiger partial charge in [-0.05, 0) is 28.9 Å². The number of anilines is 1. The van der Waals surface area contributed by atoms with Crippen molar-refractivity contribution in [3.63, 3.8) is 0 Å². The summed E-state index contributed by atoms with van der Waals surface area (Å²) in [5, 5.41) is 6.73. The van der Waals surface area contributed by atoms with Crippen LogP contribution in [-0.2, 0) is 6.54 Å². The van der Waals surface area contributed by atoms with Gasteiger partial charge in [0.25, 0.3) is 5.91 Å². The molecule has 0 radical (unpaired) electrons. The zero-order valence-corrected chi connectivity index (χ0v) is 12.6. The summed E-state index contributed by atoms with van der Waals surface area (Å²) in [6.07, 6.45) is 1.56. The molecule has 0 aromatic carbocycles. The number of carbonyl (C=O) groups is 1. The van der Waals surface area contributed by atoms with Crippen molar-refractivity contribution >= 4 is 27.7 Å². The van der Waals surface area contributed by atoms with E-state index in [0.717, 1.165) is 0 Å². The summed E-state index contributed by atoms with van der Waals surface area (Å²) in [6, 6.07) is 1.66. The number of nitrogens with zero attached hydrogens (tertiary/aromatic N) is 4. The molecule has 0 spiro atoms. The molecular formula is C11H14BrN7O. The topological polar surface area (TPSA) is 113 Å². The summed E-state index contributed by atoms with van der Waals surface area (Å²) in [4.78, 5) is 22.1. The highest BCUT2D eigenvalue weighted by Gasteiger charge is 2.18. The number of rotatable bonds is 4. The molecule has 0 bridgehead atoms. The van der Waals surface area contributed by atoms with Crippen LogP contribution < -0.4 is 11.3 Å². The van der Waals surface area contributed by atoms with E-state index in [-0.39, 0.29) is 5.91 Å². The quantitative estimate of drug-likeness (QED) is 0.561. The van der Waals surface area contributed by atoms with Gasteiger partial charge in [-0.3, -0.25) is 9.89 Å². The van der Waals surface area contributed by atoms with Gasteiger partial charge in [0, 0.05) is 17.7 Å². The molecule has 2 aromatic rings. The number of H-pyrrole nitrogens is 1. The lowest BCUT2D eigenvalue weighted by molar-refractivity contribution is 0.0782. The second-order valence-electron chi connectivity index (χ2n) is 4.19. The van der Waals surface area contributed by atoms with Crippen LogP contribution in [0.2, 0.25) is 0 Å². The van der Waals surface area contributed by atoms with E-state index in [0.29, 0.717) is 34.0 Å². The third-order valence-electron chi connectivity index (χ3n) is 2.59. The van der Waals surface area contributed by atoms with Crippen LogP contribution in [0.4, 0.5) is 5.82 Å². The van der Waals surface area contributed by atoms with E-state index in [1.54, 1.807) is 26.2 Å². The number of amides is 1. The van der Waals surface area contributed by atoms with E-state index in [4.69, 9.17) is 5.84 Å². The first-order chi connectivity index (χ1) is 9.51. The van der Waals surface area contributed by atoms with Crippen LogP contribution in [0.5, 0.6) is 0 Å². The summed E-state index contributed by atoms with van der Waals surface area (Å²) in [5.41, 5.74) is 2.78. The lowest BCUT2D eigenvalue weighted by Crippen LogP contribution is -2.28. The van der Waals surface area contributed by atoms with Crippen LogP contribution in [-0.4, -0.2) is 38.0 Å². The van der Waals surface area contributed by atoms with Gasteiger partial charge < -0.3 is 10.3 Å². The predicted octanol–water partition coefficient (Wildman–Crippen LogP) is 0.828. The Labute approximate surface area is 123 Å². The van der Waals surface area contributed by atoms with Gasteiger partial charge in [-0.2, -0.15) is 5.10 Å². The third-order valence-corrected chi connectivity index (χ3v) is 3.02. The van der Waals surface area contributed by atoms with E-state index in [9.17, 15) is 4.79 Å². The number of hydrazine groups is 1. The Hall–Kier alpha value is -2.00. The molecule has 0 aliphatic heterocycles. The Kier molecular flexibility index (Phi) is 4.30. The monoisotopic (exact) mass is 339 g/mol. The molecule has 0 atom stereocenters. The molecule has 0 aliphatic carbocycles. The Morgan fingerprint density at radius 3 is 2.95 bits per heavy atom. The van der Waals surface area contributed by atoms with Gasteiger partial charge in [-0.25, -0.2) is 15.8 Å². The maximum atomic E-state index is 12.4. The number of carbonyl (C=O) groups excluding carboxylic acids is 1. The minimum atomic E-state index is -0.228. The molecule has 106 valence electrons. The SMILES string of the molecule is Cc1nc(CN(C)C(=O)c2cc(Br)cnc2NN)n[nH]1. The number of pyridine rings is 1. The first-order valence-electron chi connectivity index (χ1n) is 5.76. The molecule has 4 N–H and O–H groups in total. The number of aryl methyl sites for hydroxylation is 1. The van der Waals surface area contributed by atoms with E-state index in [1.807, 2.05) is 0 Å². The highest BCUT2D eigenvalue weighted by Crippen LogP contribution is 2.19. The molecule has 0 unspecified atom stereocenters. The Balaban J connectivity index is 2.20. The summed E-state index contributed by atoms with van der Waals surface area (Å²) in [5.74, 6) is 6.70. The van der Waals surface area contributed by atoms with Gasteiger partial charge in [0.05, 0.1) is 12.1 Å². The minimum Gasteiger partial charge on any atom is -0.334 e. The zero-order chi connectivity index (χ0) is 14.7. The average molecular weight is 340 g/mol. The lowest BCUT2D eigenvalue weighted by Gasteiger charge is -2.17. The fourth-order valence-corrected chi connectivity index (χ4v) is 2.00. The fraction of sp³-hybridized carbons (Fsp3) is 0.273. The van der Waals surface area contributed by atoms with Crippen molar-refractivity contribution in [2.24, 2.45) is 5.84 Å². The molecule has 9 heteroatoms. The van der Waals surface area contributed by atoms with E-state index in [1.165, 1.54) is 4.90 Å². The largest absolute Gasteiger partial charge is 0.334 e. The van der Waals surface area contributed by atoms with Gasteiger partial charge in [0.2, 0.25) is 0 Å². The first kappa shape index (κ1) is 14.4. The number of halogens is 1. The van der Waals surface area contributed by atoms with Crippen molar-refractivity contribution in [1.29, 1.82) is 0 Å². The van der Waals surface area contributed by atoms with Crippen molar-refractivity contribution in [2.45, 2.75) is 13.5 Å². The van der Waals surface area contributed by atoms with Gasteiger partial charge in [0.1, 0.15) is 5.82 Å². The van der Waals surface area contributed by atoms with Crippen LogP contribution in [0.1, 0.15) is 22.0 Å². The molecule has 8 nitrogen and oxygen atoms in total.